The lowest BCUT2D eigenvalue weighted by Gasteiger charge is -2.40. The zero-order chi connectivity index (χ0) is 30.0. The summed E-state index contributed by atoms with van der Waals surface area (Å²) in [6.07, 6.45) is 9.27. The Morgan fingerprint density at radius 2 is 2.10 bits per heavy atom. The highest BCUT2D eigenvalue weighted by molar-refractivity contribution is 6.39. The molecule has 5 rings (SSSR count). The van der Waals surface area contributed by atoms with E-state index in [9.17, 15) is 9.50 Å². The van der Waals surface area contributed by atoms with Gasteiger partial charge in [-0.05, 0) is 37.7 Å². The minimum Gasteiger partial charge on any atom is -0.424 e. The zero-order valence-corrected chi connectivity index (χ0v) is 25.2. The third-order valence-electron chi connectivity index (χ3n) is 8.26. The highest BCUT2D eigenvalue weighted by Gasteiger charge is 2.52. The van der Waals surface area contributed by atoms with Crippen LogP contribution in [-0.2, 0) is 4.74 Å². The van der Waals surface area contributed by atoms with E-state index in [2.05, 4.69) is 39.7 Å². The number of aliphatic imine (C=N–C) groups is 2. The molecule has 0 aromatic carbocycles. The van der Waals surface area contributed by atoms with Crippen LogP contribution in [-0.4, -0.2) is 77.5 Å². The molecule has 0 bridgehead atoms. The van der Waals surface area contributed by atoms with Gasteiger partial charge in [-0.1, -0.05) is 56.2 Å². The number of hydrazone groups is 1. The Morgan fingerprint density at radius 3 is 2.74 bits per heavy atom. The van der Waals surface area contributed by atoms with E-state index in [-0.39, 0.29) is 27.7 Å². The molecule has 5 atom stereocenters. The molecule has 4 aliphatic heterocycles. The number of alkyl halides is 3. The number of allylic oxidation sites excluding steroid dienone is 5. The summed E-state index contributed by atoms with van der Waals surface area (Å²) in [5.41, 5.74) is 2.14. The standard InChI is InChI=1S/C29H37Cl2F2N7O2/c1-16-7-9-18(10-8-16)15-40-23-22(19-11-21(31)14-34-13-19)35-25(26-38-39-28(41)42-26)36-24(23)37-27(40)29(3,33)20(12-32)6-4-5-17(2)30/h4-6,11,13,16,18,21,24,27-28,37,39,41H,2,7-10,12,14-15H2,1,3H3,(H,35,36)/b5-4-,20-6+/t16-,18-,21-,24-,27+,28-,29?/m0/s1. The van der Waals surface area contributed by atoms with Crippen molar-refractivity contribution in [3.8, 4) is 0 Å². The topological polar surface area (TPSA) is 106 Å². The molecule has 0 amide bonds. The first kappa shape index (κ1) is 30.7. The number of rotatable bonds is 9. The third kappa shape index (κ3) is 6.59. The summed E-state index contributed by atoms with van der Waals surface area (Å²) in [5, 5.41) is 20.4. The van der Waals surface area contributed by atoms with Crippen LogP contribution in [0.5, 0.6) is 0 Å². The number of hydrogen-bond acceptors (Lipinski definition) is 9. The monoisotopic (exact) mass is 623 g/mol. The molecule has 1 unspecified atom stereocenters. The van der Waals surface area contributed by atoms with Crippen molar-refractivity contribution in [2.75, 3.05) is 19.8 Å². The van der Waals surface area contributed by atoms with Gasteiger partial charge in [-0.15, -0.1) is 16.7 Å². The van der Waals surface area contributed by atoms with Gasteiger partial charge in [0, 0.05) is 28.9 Å². The van der Waals surface area contributed by atoms with E-state index in [1.165, 1.54) is 25.2 Å². The second kappa shape index (κ2) is 12.9. The summed E-state index contributed by atoms with van der Waals surface area (Å²) in [7, 11) is 0. The summed E-state index contributed by atoms with van der Waals surface area (Å²) >= 11 is 12.3. The van der Waals surface area contributed by atoms with Crippen LogP contribution in [0.1, 0.15) is 39.5 Å². The fourth-order valence-corrected chi connectivity index (χ4v) is 6.25. The van der Waals surface area contributed by atoms with Gasteiger partial charge in [0.25, 0.3) is 12.3 Å². The van der Waals surface area contributed by atoms with Gasteiger partial charge in [-0.3, -0.25) is 10.3 Å². The second-order valence-electron chi connectivity index (χ2n) is 11.5. The van der Waals surface area contributed by atoms with Gasteiger partial charge in [-0.25, -0.2) is 19.2 Å². The van der Waals surface area contributed by atoms with Crippen LogP contribution in [0, 0.1) is 11.8 Å². The summed E-state index contributed by atoms with van der Waals surface area (Å²) in [6.45, 7) is 7.22. The minimum atomic E-state index is -2.14. The maximum Gasteiger partial charge on any atom is 0.295 e. The third-order valence-corrected chi connectivity index (χ3v) is 8.65. The highest BCUT2D eigenvalue weighted by Crippen LogP contribution is 2.41. The van der Waals surface area contributed by atoms with E-state index in [0.717, 1.165) is 25.7 Å². The number of aliphatic hydroxyl groups is 1. The average molecular weight is 625 g/mol. The highest BCUT2D eigenvalue weighted by atomic mass is 35.5. The van der Waals surface area contributed by atoms with E-state index in [1.807, 2.05) is 11.0 Å². The van der Waals surface area contributed by atoms with E-state index in [4.69, 9.17) is 32.9 Å². The molecule has 4 N–H and O–H groups in total. The Labute approximate surface area is 254 Å². The van der Waals surface area contributed by atoms with Crippen LogP contribution in [0.3, 0.4) is 0 Å². The Morgan fingerprint density at radius 1 is 1.33 bits per heavy atom. The van der Waals surface area contributed by atoms with Gasteiger partial charge in [0.15, 0.2) is 11.5 Å². The summed E-state index contributed by atoms with van der Waals surface area (Å²) in [5.74, 6) is 1.25. The van der Waals surface area contributed by atoms with Crippen LogP contribution >= 0.6 is 23.2 Å². The van der Waals surface area contributed by atoms with E-state index >= 15 is 4.39 Å². The molecule has 0 spiro atoms. The van der Waals surface area contributed by atoms with E-state index in [1.54, 1.807) is 6.21 Å². The number of aliphatic hydroxyl groups excluding tert-OH is 1. The largest absolute Gasteiger partial charge is 0.424 e. The van der Waals surface area contributed by atoms with Gasteiger partial charge < -0.3 is 20.1 Å². The fourth-order valence-electron chi connectivity index (χ4n) is 5.96. The van der Waals surface area contributed by atoms with Crippen LogP contribution in [0.4, 0.5) is 8.78 Å². The Balaban J connectivity index is 1.60. The van der Waals surface area contributed by atoms with Crippen molar-refractivity contribution < 1.29 is 18.6 Å². The molecular weight excluding hydrogens is 587 g/mol. The number of fused-ring (bicyclic) bond motifs is 1. The van der Waals surface area contributed by atoms with Crippen molar-refractivity contribution in [1.82, 2.24) is 21.0 Å². The number of hydrogen-bond donors (Lipinski definition) is 4. The number of dihydropyridines is 1. The molecule has 13 heteroatoms. The van der Waals surface area contributed by atoms with Crippen molar-refractivity contribution >= 4 is 41.1 Å². The van der Waals surface area contributed by atoms with Crippen molar-refractivity contribution in [2.45, 2.75) is 69.3 Å². The lowest BCUT2D eigenvalue weighted by Crippen LogP contribution is -2.55. The molecule has 42 heavy (non-hydrogen) atoms. The molecule has 0 radical (unpaired) electrons. The quantitative estimate of drug-likeness (QED) is 0.225. The minimum absolute atomic E-state index is 0.0477. The smallest absolute Gasteiger partial charge is 0.295 e. The maximum absolute atomic E-state index is 17.0. The molecule has 5 aliphatic rings. The molecule has 4 heterocycles. The van der Waals surface area contributed by atoms with Crippen LogP contribution in [0.25, 0.3) is 0 Å². The zero-order valence-electron chi connectivity index (χ0n) is 23.7. The molecule has 0 aromatic rings. The lowest BCUT2D eigenvalue weighted by atomic mass is 9.82. The first-order valence-electron chi connectivity index (χ1n) is 14.2. The predicted molar refractivity (Wildman–Crippen MR) is 163 cm³/mol. The number of nitrogens with zero attached hydrogens (tertiary/aromatic N) is 4. The molecule has 9 nitrogen and oxygen atoms in total. The van der Waals surface area contributed by atoms with Crippen molar-refractivity contribution in [2.24, 2.45) is 26.9 Å². The first-order chi connectivity index (χ1) is 20.1. The summed E-state index contributed by atoms with van der Waals surface area (Å²) < 4.78 is 36.9. The summed E-state index contributed by atoms with van der Waals surface area (Å²) in [4.78, 5) is 11.2. The fraction of sp³-hybridized carbons (Fsp3) is 0.552. The summed E-state index contributed by atoms with van der Waals surface area (Å²) in [6, 6.07) is 0. The van der Waals surface area contributed by atoms with Gasteiger partial charge in [0.05, 0.1) is 23.3 Å². The maximum atomic E-state index is 17.0. The number of ether oxygens (including phenoxy) is 1. The molecule has 1 saturated carbocycles. The molecule has 0 aromatic heterocycles. The van der Waals surface area contributed by atoms with E-state index < -0.39 is 31.1 Å². The molecule has 2 fully saturated rings. The Hall–Kier alpha value is -2.73. The molecule has 1 saturated heterocycles. The van der Waals surface area contributed by atoms with Crippen molar-refractivity contribution in [1.29, 1.82) is 0 Å². The van der Waals surface area contributed by atoms with Gasteiger partial charge in [-0.2, -0.15) is 0 Å². The Kier molecular flexibility index (Phi) is 9.41. The number of amidine groups is 1. The SMILES string of the molecule is C=C(Cl)/C=C\C=C(/CF)C(C)(F)[C@@H]1N[C@@H]2NC(C3=NN[C@@H](O)O3)=NC(C3=C[C@H](Cl)CN=C3)=C2N1C[C@H]1CC[C@H](C)CC1. The second-order valence-corrected chi connectivity index (χ2v) is 12.5. The number of nitrogens with one attached hydrogen (secondary N) is 3. The normalized spacial score (nSPS) is 32.9. The lowest BCUT2D eigenvalue weighted by molar-refractivity contribution is -0.0321. The van der Waals surface area contributed by atoms with Crippen molar-refractivity contribution in [3.05, 3.63) is 58.5 Å². The van der Waals surface area contributed by atoms with Gasteiger partial charge in [0.2, 0.25) is 0 Å². The van der Waals surface area contributed by atoms with Gasteiger partial charge >= 0.3 is 0 Å². The van der Waals surface area contributed by atoms with E-state index in [0.29, 0.717) is 41.9 Å². The molecule has 1 aliphatic carbocycles. The van der Waals surface area contributed by atoms with Crippen LogP contribution < -0.4 is 16.1 Å². The van der Waals surface area contributed by atoms with Crippen LogP contribution in [0.2, 0.25) is 0 Å². The predicted octanol–water partition coefficient (Wildman–Crippen LogP) is 4.34. The number of halogens is 4. The molecular formula is C29H37Cl2F2N7O2. The van der Waals surface area contributed by atoms with Gasteiger partial charge in [0.1, 0.15) is 19.0 Å². The van der Waals surface area contributed by atoms with Crippen molar-refractivity contribution in [3.63, 3.8) is 0 Å². The first-order valence-corrected chi connectivity index (χ1v) is 15.0. The molecule has 228 valence electrons. The van der Waals surface area contributed by atoms with Crippen LogP contribution in [0.15, 0.2) is 73.5 Å². The Bertz CT molecular complexity index is 1280. The average Bonchev–Trinajstić information content (AvgIpc) is 3.55.